The molecule has 1 N–H and O–H groups in total. The van der Waals surface area contributed by atoms with Crippen LogP contribution in [0.25, 0.3) is 22.2 Å². The van der Waals surface area contributed by atoms with Gasteiger partial charge in [-0.25, -0.2) is 13.2 Å². The topological polar surface area (TPSA) is 111 Å². The van der Waals surface area contributed by atoms with Gasteiger partial charge in [-0.1, -0.05) is 35.3 Å². The first-order valence-corrected chi connectivity index (χ1v) is 11.5. The molecule has 0 atom stereocenters. The molecule has 8 nitrogen and oxygen atoms in total. The molecule has 4 rings (SSSR count). The van der Waals surface area contributed by atoms with Gasteiger partial charge >= 0.3 is 5.97 Å². The summed E-state index contributed by atoms with van der Waals surface area (Å²) in [6.07, 6.45) is 0. The molecule has 0 saturated heterocycles. The van der Waals surface area contributed by atoms with E-state index in [2.05, 4.69) is 14.9 Å². The fourth-order valence-corrected chi connectivity index (χ4v) is 4.73. The van der Waals surface area contributed by atoms with Gasteiger partial charge in [0.1, 0.15) is 0 Å². The Kier molecular flexibility index (Phi) is 6.05. The van der Waals surface area contributed by atoms with Crippen LogP contribution in [0, 0.1) is 0 Å². The third-order valence-electron chi connectivity index (χ3n) is 4.37. The molecule has 1 heterocycles. The normalized spacial score (nSPS) is 11.5. The number of sulfonamides is 1. The van der Waals surface area contributed by atoms with Crippen molar-refractivity contribution in [2.24, 2.45) is 0 Å². The number of rotatable bonds is 6. The molecule has 0 unspecified atom stereocenters. The second-order valence-electron chi connectivity index (χ2n) is 6.63. The standard InChI is InChI=1S/C21H15Cl2N3O5S/c1-2-30-21(27)19-24-20(31-25-19)14-4-3-13-8-17(6-5-12(13)7-14)26-32(28,29)18-10-15(22)9-16(23)11-18/h3-11,26H,2H2,1H3. The zero-order chi connectivity index (χ0) is 22.9. The summed E-state index contributed by atoms with van der Waals surface area (Å²) in [5, 5.41) is 5.63. The minimum atomic E-state index is -3.88. The highest BCUT2D eigenvalue weighted by Crippen LogP contribution is 2.28. The van der Waals surface area contributed by atoms with Gasteiger partial charge in [-0.2, -0.15) is 4.98 Å². The first kappa shape index (κ1) is 22.1. The largest absolute Gasteiger partial charge is 0.460 e. The zero-order valence-electron chi connectivity index (χ0n) is 16.5. The lowest BCUT2D eigenvalue weighted by molar-refractivity contribution is 0.0508. The van der Waals surface area contributed by atoms with E-state index >= 15 is 0 Å². The molecule has 0 saturated carbocycles. The van der Waals surface area contributed by atoms with Gasteiger partial charge < -0.3 is 9.26 Å². The molecular weight excluding hydrogens is 477 g/mol. The minimum absolute atomic E-state index is 0.0424. The molecule has 0 bridgehead atoms. The minimum Gasteiger partial charge on any atom is -0.460 e. The van der Waals surface area contributed by atoms with Crippen molar-refractivity contribution in [2.45, 2.75) is 11.8 Å². The predicted molar refractivity (Wildman–Crippen MR) is 120 cm³/mol. The Hall–Kier alpha value is -3.14. The van der Waals surface area contributed by atoms with E-state index in [9.17, 15) is 13.2 Å². The van der Waals surface area contributed by atoms with E-state index in [0.29, 0.717) is 11.3 Å². The quantitative estimate of drug-likeness (QED) is 0.370. The van der Waals surface area contributed by atoms with Crippen LogP contribution in [-0.4, -0.2) is 31.1 Å². The number of hydrogen-bond acceptors (Lipinski definition) is 7. The van der Waals surface area contributed by atoms with Crippen LogP contribution in [0.5, 0.6) is 0 Å². The van der Waals surface area contributed by atoms with Gasteiger partial charge in [-0.05, 0) is 65.3 Å². The molecule has 0 aliphatic heterocycles. The maximum Gasteiger partial charge on any atom is 0.379 e. The number of carbonyl (C=O) groups is 1. The summed E-state index contributed by atoms with van der Waals surface area (Å²) in [6, 6.07) is 14.4. The van der Waals surface area contributed by atoms with Crippen LogP contribution in [0.3, 0.4) is 0 Å². The van der Waals surface area contributed by atoms with Gasteiger partial charge in [0, 0.05) is 21.3 Å². The smallest absolute Gasteiger partial charge is 0.379 e. The Morgan fingerprint density at radius 2 is 1.72 bits per heavy atom. The van der Waals surface area contributed by atoms with Crippen molar-refractivity contribution in [3.63, 3.8) is 0 Å². The number of anilines is 1. The number of nitrogens with one attached hydrogen (secondary N) is 1. The van der Waals surface area contributed by atoms with Crippen LogP contribution in [0.4, 0.5) is 5.69 Å². The number of carbonyl (C=O) groups excluding carboxylic acids is 1. The number of ether oxygens (including phenoxy) is 1. The highest BCUT2D eigenvalue weighted by molar-refractivity contribution is 7.92. The van der Waals surface area contributed by atoms with Gasteiger partial charge in [-0.3, -0.25) is 4.72 Å². The summed E-state index contributed by atoms with van der Waals surface area (Å²) >= 11 is 11.8. The Morgan fingerprint density at radius 3 is 2.44 bits per heavy atom. The molecule has 164 valence electrons. The molecule has 0 aliphatic rings. The van der Waals surface area contributed by atoms with E-state index in [4.69, 9.17) is 32.5 Å². The summed E-state index contributed by atoms with van der Waals surface area (Å²) in [6.45, 7) is 1.88. The highest BCUT2D eigenvalue weighted by Gasteiger charge is 2.18. The SMILES string of the molecule is CCOC(=O)c1noc(-c2ccc3cc(NS(=O)(=O)c4cc(Cl)cc(Cl)c4)ccc3c2)n1. The number of esters is 1. The summed E-state index contributed by atoms with van der Waals surface area (Å²) < 4.78 is 37.9. The van der Waals surface area contributed by atoms with Crippen molar-refractivity contribution in [1.82, 2.24) is 10.1 Å². The van der Waals surface area contributed by atoms with Crippen LogP contribution in [-0.2, 0) is 14.8 Å². The van der Waals surface area contributed by atoms with E-state index in [1.54, 1.807) is 43.3 Å². The Labute approximate surface area is 193 Å². The fraction of sp³-hybridized carbons (Fsp3) is 0.0952. The summed E-state index contributed by atoms with van der Waals surface area (Å²) in [5.74, 6) is -0.661. The van der Waals surface area contributed by atoms with Crippen LogP contribution < -0.4 is 4.72 Å². The molecule has 0 radical (unpaired) electrons. The van der Waals surface area contributed by atoms with E-state index in [-0.39, 0.29) is 33.3 Å². The second kappa shape index (κ2) is 8.78. The van der Waals surface area contributed by atoms with Gasteiger partial charge in [0.2, 0.25) is 0 Å². The molecule has 11 heteroatoms. The van der Waals surface area contributed by atoms with Crippen LogP contribution in [0.1, 0.15) is 17.5 Å². The van der Waals surface area contributed by atoms with Crippen molar-refractivity contribution in [3.8, 4) is 11.5 Å². The van der Waals surface area contributed by atoms with Crippen molar-refractivity contribution in [2.75, 3.05) is 11.3 Å². The molecule has 1 aromatic heterocycles. The van der Waals surface area contributed by atoms with Crippen molar-refractivity contribution >= 4 is 55.7 Å². The molecule has 32 heavy (non-hydrogen) atoms. The number of benzene rings is 3. The molecule has 0 spiro atoms. The number of hydrogen-bond donors (Lipinski definition) is 1. The average molecular weight is 492 g/mol. The maximum atomic E-state index is 12.7. The molecule has 0 fully saturated rings. The number of nitrogens with zero attached hydrogens (tertiary/aromatic N) is 2. The molecule has 0 amide bonds. The molecule has 3 aromatic carbocycles. The second-order valence-corrected chi connectivity index (χ2v) is 9.19. The zero-order valence-corrected chi connectivity index (χ0v) is 18.8. The predicted octanol–water partition coefficient (Wildman–Crippen LogP) is 5.17. The summed E-state index contributed by atoms with van der Waals surface area (Å²) in [5.41, 5.74) is 0.964. The third-order valence-corrected chi connectivity index (χ3v) is 6.17. The number of aromatic nitrogens is 2. The first-order chi connectivity index (χ1) is 15.2. The Bertz CT molecular complexity index is 1420. The van der Waals surface area contributed by atoms with Crippen molar-refractivity contribution in [1.29, 1.82) is 0 Å². The van der Waals surface area contributed by atoms with E-state index in [1.165, 1.54) is 18.2 Å². The highest BCUT2D eigenvalue weighted by atomic mass is 35.5. The maximum absolute atomic E-state index is 12.7. The van der Waals surface area contributed by atoms with E-state index < -0.39 is 16.0 Å². The lowest BCUT2D eigenvalue weighted by Crippen LogP contribution is -2.12. The fourth-order valence-electron chi connectivity index (χ4n) is 2.96. The van der Waals surface area contributed by atoms with E-state index in [0.717, 1.165) is 10.8 Å². The van der Waals surface area contributed by atoms with Gasteiger partial charge in [-0.15, -0.1) is 0 Å². The van der Waals surface area contributed by atoms with Crippen LogP contribution in [0.2, 0.25) is 10.0 Å². The monoisotopic (exact) mass is 491 g/mol. The first-order valence-electron chi connectivity index (χ1n) is 9.29. The van der Waals surface area contributed by atoms with Gasteiger partial charge in [0.15, 0.2) is 0 Å². The van der Waals surface area contributed by atoms with Crippen molar-refractivity contribution < 1.29 is 22.5 Å². The lowest BCUT2D eigenvalue weighted by Gasteiger charge is -2.10. The van der Waals surface area contributed by atoms with Gasteiger partial charge in [0.25, 0.3) is 21.7 Å². The summed E-state index contributed by atoms with van der Waals surface area (Å²) in [4.78, 5) is 15.7. The number of halogens is 2. The lowest BCUT2D eigenvalue weighted by atomic mass is 10.1. The summed E-state index contributed by atoms with van der Waals surface area (Å²) in [7, 11) is -3.88. The van der Waals surface area contributed by atoms with Crippen molar-refractivity contribution in [3.05, 3.63) is 70.5 Å². The number of fused-ring (bicyclic) bond motifs is 1. The van der Waals surface area contributed by atoms with Crippen LogP contribution in [0.15, 0.2) is 64.0 Å². The van der Waals surface area contributed by atoms with Gasteiger partial charge in [0.05, 0.1) is 11.5 Å². The third kappa shape index (κ3) is 4.69. The molecular formula is C21H15Cl2N3O5S. The Balaban J connectivity index is 1.60. The van der Waals surface area contributed by atoms with E-state index in [1.807, 2.05) is 0 Å². The molecule has 4 aromatic rings. The average Bonchev–Trinajstić information content (AvgIpc) is 3.23. The molecule has 0 aliphatic carbocycles. The Morgan fingerprint density at radius 1 is 1.03 bits per heavy atom. The van der Waals surface area contributed by atoms with Crippen LogP contribution >= 0.6 is 23.2 Å².